The molecule has 3 aromatic carbocycles. The summed E-state index contributed by atoms with van der Waals surface area (Å²) in [5.74, 6) is -3.03. The number of fused-ring (bicyclic) bond motifs is 3. The van der Waals surface area contributed by atoms with Gasteiger partial charge in [0.05, 0.1) is 0 Å². The lowest BCUT2D eigenvalue weighted by Gasteiger charge is -2.19. The fourth-order valence-corrected chi connectivity index (χ4v) is 6.51. The summed E-state index contributed by atoms with van der Waals surface area (Å²) in [6, 6.07) is 18.8. The number of rotatable bonds is 3. The molecule has 6 aromatic rings. The van der Waals surface area contributed by atoms with Crippen molar-refractivity contribution in [3.05, 3.63) is 104 Å². The molecule has 0 aliphatic heterocycles. The van der Waals surface area contributed by atoms with E-state index < -0.39 is 24.9 Å². The summed E-state index contributed by atoms with van der Waals surface area (Å²) in [6.07, 6.45) is 0. The van der Waals surface area contributed by atoms with Gasteiger partial charge in [0.1, 0.15) is 16.6 Å². The first-order chi connectivity index (χ1) is 15.5. The molecule has 0 aliphatic carbocycles. The van der Waals surface area contributed by atoms with E-state index in [1.807, 2.05) is 0 Å². The van der Waals surface area contributed by atoms with Crippen LogP contribution < -0.4 is 17.3 Å². The molecule has 0 N–H and O–H groups in total. The molecule has 10 nitrogen and oxygen atoms in total. The van der Waals surface area contributed by atoms with E-state index >= 15 is 4.57 Å². The molecule has 0 radical (unpaired) electrons. The maximum atomic E-state index is 15.0. The Morgan fingerprint density at radius 3 is 1.09 bits per heavy atom. The molecule has 3 aromatic heterocycles. The SMILES string of the molecule is O=c1oc2ccccc2n1P(=O)(n1c(=O)oc2ccccc21)n1c(=O)oc2ccccc21. The maximum Gasteiger partial charge on any atom is 0.428 e. The topological polar surface area (TPSA) is 122 Å². The first-order valence-electron chi connectivity index (χ1n) is 9.44. The lowest BCUT2D eigenvalue weighted by molar-refractivity contribution is 0.499. The van der Waals surface area contributed by atoms with Crippen LogP contribution >= 0.6 is 7.59 Å². The number of hydrogen-bond acceptors (Lipinski definition) is 7. The van der Waals surface area contributed by atoms with Crippen molar-refractivity contribution in [2.75, 3.05) is 0 Å². The molecular weight excluding hydrogens is 437 g/mol. The minimum absolute atomic E-state index is 0.134. The van der Waals surface area contributed by atoms with Gasteiger partial charge in [-0.1, -0.05) is 36.4 Å². The summed E-state index contributed by atoms with van der Waals surface area (Å²) in [5.41, 5.74) is 0.818. The average Bonchev–Trinajstić information content (AvgIpc) is 3.42. The molecule has 0 fully saturated rings. The fourth-order valence-electron chi connectivity index (χ4n) is 3.87. The van der Waals surface area contributed by atoms with Gasteiger partial charge in [0.15, 0.2) is 16.7 Å². The molecule has 0 bridgehead atoms. The maximum absolute atomic E-state index is 15.0. The van der Waals surface area contributed by atoms with Crippen molar-refractivity contribution in [2.24, 2.45) is 0 Å². The number of oxazole rings is 3. The first-order valence-corrected chi connectivity index (χ1v) is 11.0. The van der Waals surface area contributed by atoms with E-state index in [-0.39, 0.29) is 33.3 Å². The van der Waals surface area contributed by atoms with Crippen molar-refractivity contribution in [1.82, 2.24) is 13.0 Å². The highest BCUT2D eigenvalue weighted by atomic mass is 31.2. The van der Waals surface area contributed by atoms with Gasteiger partial charge in [0.2, 0.25) is 0 Å². The Morgan fingerprint density at radius 1 is 0.500 bits per heavy atom. The Labute approximate surface area is 176 Å². The summed E-state index contributed by atoms with van der Waals surface area (Å²) in [4.78, 5) is 39.0. The number of nitrogens with zero attached hydrogens (tertiary/aromatic N) is 3. The minimum atomic E-state index is -4.65. The van der Waals surface area contributed by atoms with Crippen molar-refractivity contribution in [1.29, 1.82) is 0 Å². The Hall–Kier alpha value is -4.30. The Balaban J connectivity index is 1.89. The fraction of sp³-hybridized carbons (Fsp3) is 0. The third-order valence-electron chi connectivity index (χ3n) is 5.17. The van der Waals surface area contributed by atoms with Gasteiger partial charge in [0, 0.05) is 0 Å². The van der Waals surface area contributed by atoms with E-state index in [9.17, 15) is 14.4 Å². The molecule has 158 valence electrons. The second-order valence-corrected chi connectivity index (χ2v) is 9.18. The molecule has 3 heterocycles. The van der Waals surface area contributed by atoms with E-state index in [0.29, 0.717) is 0 Å². The van der Waals surface area contributed by atoms with Crippen molar-refractivity contribution in [3.63, 3.8) is 0 Å². The van der Waals surface area contributed by atoms with Crippen LogP contribution in [0.5, 0.6) is 0 Å². The standard InChI is InChI=1S/C21H12N3O7P/c25-19-22(13-7-1-4-10-16(13)29-19)32(28,23-14-8-2-5-11-17(14)30-20(23)26)24-15-9-3-6-12-18(15)31-21(24)27/h1-12H. The summed E-state index contributed by atoms with van der Waals surface area (Å²) in [5, 5.41) is 0. The quantitative estimate of drug-likeness (QED) is 0.379. The van der Waals surface area contributed by atoms with Crippen LogP contribution in [0.15, 0.2) is 100 Å². The van der Waals surface area contributed by atoms with Gasteiger partial charge in [-0.3, -0.25) is 0 Å². The molecule has 0 aliphatic rings. The zero-order valence-electron chi connectivity index (χ0n) is 16.1. The van der Waals surface area contributed by atoms with Gasteiger partial charge in [-0.05, 0) is 36.4 Å². The largest absolute Gasteiger partial charge is 0.428 e. The number of para-hydroxylation sites is 6. The van der Waals surface area contributed by atoms with E-state index in [1.54, 1.807) is 36.4 Å². The highest BCUT2D eigenvalue weighted by molar-refractivity contribution is 7.59. The van der Waals surface area contributed by atoms with Crippen LogP contribution in [0.25, 0.3) is 33.3 Å². The van der Waals surface area contributed by atoms with Crippen LogP contribution in [-0.2, 0) is 4.57 Å². The van der Waals surface area contributed by atoms with Gasteiger partial charge < -0.3 is 13.3 Å². The third kappa shape index (κ3) is 2.29. The molecule has 6 rings (SSSR count). The normalized spacial score (nSPS) is 12.2. The smallest absolute Gasteiger partial charge is 0.407 e. The summed E-state index contributed by atoms with van der Waals surface area (Å²) < 4.78 is 33.3. The summed E-state index contributed by atoms with van der Waals surface area (Å²) >= 11 is 0. The second-order valence-electron chi connectivity index (χ2n) is 6.96. The minimum Gasteiger partial charge on any atom is -0.407 e. The van der Waals surface area contributed by atoms with Crippen LogP contribution in [0.2, 0.25) is 0 Å². The van der Waals surface area contributed by atoms with Gasteiger partial charge in [0.25, 0.3) is 0 Å². The summed E-state index contributed by atoms with van der Waals surface area (Å²) in [7, 11) is -4.65. The molecule has 0 unspecified atom stereocenters. The molecule has 0 saturated carbocycles. The lowest BCUT2D eigenvalue weighted by atomic mass is 10.3. The Kier molecular flexibility index (Phi) is 3.66. The number of hydrogen-bond donors (Lipinski definition) is 0. The molecule has 0 saturated heterocycles. The van der Waals surface area contributed by atoms with Crippen LogP contribution in [0.3, 0.4) is 0 Å². The second kappa shape index (κ2) is 6.35. The Morgan fingerprint density at radius 2 is 0.781 bits per heavy atom. The number of benzene rings is 3. The zero-order chi connectivity index (χ0) is 22.0. The molecule has 11 heteroatoms. The van der Waals surface area contributed by atoms with Crippen molar-refractivity contribution < 1.29 is 17.8 Å². The highest BCUT2D eigenvalue weighted by Crippen LogP contribution is 2.51. The third-order valence-corrected chi connectivity index (χ3v) is 7.87. The first kappa shape index (κ1) is 18.5. The van der Waals surface area contributed by atoms with Crippen LogP contribution in [-0.4, -0.2) is 13.0 Å². The Bertz CT molecular complexity index is 1680. The monoisotopic (exact) mass is 449 g/mol. The van der Waals surface area contributed by atoms with Gasteiger partial charge in [-0.2, -0.15) is 13.0 Å². The molecule has 0 atom stereocenters. The van der Waals surface area contributed by atoms with Crippen LogP contribution in [0, 0.1) is 0 Å². The van der Waals surface area contributed by atoms with E-state index in [2.05, 4.69) is 0 Å². The van der Waals surface area contributed by atoms with E-state index in [1.165, 1.54) is 36.4 Å². The van der Waals surface area contributed by atoms with Crippen molar-refractivity contribution in [3.8, 4) is 0 Å². The predicted octanol–water partition coefficient (Wildman–Crippen LogP) is 3.46. The summed E-state index contributed by atoms with van der Waals surface area (Å²) in [6.45, 7) is 0. The highest BCUT2D eigenvalue weighted by Gasteiger charge is 2.41. The van der Waals surface area contributed by atoms with E-state index in [0.717, 1.165) is 13.0 Å². The van der Waals surface area contributed by atoms with Crippen molar-refractivity contribution in [2.45, 2.75) is 0 Å². The predicted molar refractivity (Wildman–Crippen MR) is 115 cm³/mol. The van der Waals surface area contributed by atoms with Gasteiger partial charge in [-0.15, -0.1) is 0 Å². The average molecular weight is 449 g/mol. The van der Waals surface area contributed by atoms with Gasteiger partial charge >= 0.3 is 24.9 Å². The zero-order valence-corrected chi connectivity index (χ0v) is 17.0. The van der Waals surface area contributed by atoms with E-state index in [4.69, 9.17) is 13.3 Å². The van der Waals surface area contributed by atoms with Crippen molar-refractivity contribution >= 4 is 40.9 Å². The lowest BCUT2D eigenvalue weighted by Crippen LogP contribution is -2.30. The molecular formula is C21H12N3O7P. The van der Waals surface area contributed by atoms with Crippen LogP contribution in [0.1, 0.15) is 0 Å². The van der Waals surface area contributed by atoms with Gasteiger partial charge in [-0.25, -0.2) is 18.9 Å². The van der Waals surface area contributed by atoms with Crippen LogP contribution in [0.4, 0.5) is 0 Å². The number of aromatic nitrogens is 3. The molecule has 0 spiro atoms. The molecule has 0 amide bonds. The molecule has 32 heavy (non-hydrogen) atoms.